The van der Waals surface area contributed by atoms with Gasteiger partial charge in [-0.2, -0.15) is 0 Å². The molecule has 0 aliphatic carbocycles. The minimum Gasteiger partial charge on any atom is -0.462 e. The summed E-state index contributed by atoms with van der Waals surface area (Å²) in [5.74, 6) is -2.25. The smallest absolute Gasteiger partial charge is 0.462 e. The van der Waals surface area contributed by atoms with E-state index in [1.54, 1.807) is 0 Å². The molecule has 3 N–H and O–H groups in total. The predicted molar refractivity (Wildman–Crippen MR) is 408 cm³/mol. The molecule has 0 aliphatic heterocycles. The summed E-state index contributed by atoms with van der Waals surface area (Å²) in [4.78, 5) is 72.9. The summed E-state index contributed by atoms with van der Waals surface area (Å²) in [6.07, 6.45) is 77.9. The van der Waals surface area contributed by atoms with Crippen LogP contribution in [0.25, 0.3) is 0 Å². The van der Waals surface area contributed by atoms with Crippen LogP contribution in [0.3, 0.4) is 0 Å². The SMILES string of the molecule is CC/C=C\C/C=C\C/C=C\C/C=C\C/C=C\CCCC(=O)OCC(COP(=O)(O)OCC(O)COP(=O)(O)OCC(COC(=O)CCCCCCCCC/C=C\C/C=C\C/C=C\CC)OC(=O)CCCCCCC/C=C\CCCCCC)OC(=O)CCCCCCCCCCCCCCC. The average Bonchev–Trinajstić information content (AvgIpc) is 0.943. The number of ether oxygens (including phenoxy) is 4. The highest BCUT2D eigenvalue weighted by atomic mass is 31.2. The van der Waals surface area contributed by atoms with Crippen LogP contribution in [0.15, 0.2) is 109 Å². The molecule has 0 radical (unpaired) electrons. The number of esters is 4. The predicted octanol–water partition coefficient (Wildman–Crippen LogP) is 22.6. The van der Waals surface area contributed by atoms with E-state index in [0.29, 0.717) is 32.1 Å². The van der Waals surface area contributed by atoms with Crippen LogP contribution in [0.2, 0.25) is 0 Å². The van der Waals surface area contributed by atoms with Crippen molar-refractivity contribution >= 4 is 39.5 Å². The van der Waals surface area contributed by atoms with Crippen molar-refractivity contribution < 1.29 is 80.2 Å². The lowest BCUT2D eigenvalue weighted by Crippen LogP contribution is -2.30. The molecule has 576 valence electrons. The molecular formula is C81H140O17P2. The molecule has 5 unspecified atom stereocenters. The lowest BCUT2D eigenvalue weighted by molar-refractivity contribution is -0.161. The molecular weight excluding hydrogens is 1310 g/mol. The number of allylic oxidation sites excluding steroid dienone is 18. The zero-order chi connectivity index (χ0) is 73.2. The molecule has 100 heavy (non-hydrogen) atoms. The van der Waals surface area contributed by atoms with E-state index in [4.69, 9.17) is 37.0 Å². The standard InChI is InChI=1S/C81H140O17P2/c1-5-9-13-17-21-25-29-33-35-37-39-43-45-49-53-57-61-65-78(83)91-71-76(97-80(85)67-63-59-55-51-47-41-31-27-23-19-15-11-7-3)73-95-99(87,88)93-69-75(82)70-94-100(89,90)96-74-77(98-81(86)68-64-60-56-52-48-42-32-28-24-20-16-12-8-4)72-92-79(84)66-62-58-54-50-46-44-40-38-36-34-30-26-22-18-14-10-6-2/h9-10,13-14,21-22,25-27,31,33-36,40,44,50,54,75-77,82H,5-8,11-12,15-20,23-24,28-30,32,37-39,41-43,45-49,51-53,55-74H2,1-4H3,(H,87,88)(H,89,90)/b13-9-,14-10-,25-21-,26-22-,31-27-,35-33-,36-34-,44-40-,54-50-. The van der Waals surface area contributed by atoms with E-state index in [-0.39, 0.29) is 25.7 Å². The van der Waals surface area contributed by atoms with Crippen molar-refractivity contribution in [2.75, 3.05) is 39.6 Å². The number of rotatable bonds is 73. The number of carbonyl (C=O) groups is 4. The zero-order valence-electron chi connectivity index (χ0n) is 62.8. The Balaban J connectivity index is 5.38. The molecule has 0 aromatic carbocycles. The van der Waals surface area contributed by atoms with E-state index in [2.05, 4.69) is 125 Å². The molecule has 0 bridgehead atoms. The Morgan fingerprint density at radius 1 is 0.290 bits per heavy atom. The second-order valence-corrected chi connectivity index (χ2v) is 28.8. The van der Waals surface area contributed by atoms with Gasteiger partial charge in [0.15, 0.2) is 12.2 Å². The topological polar surface area (TPSA) is 237 Å². The Hall–Kier alpha value is -4.28. The van der Waals surface area contributed by atoms with Gasteiger partial charge < -0.3 is 33.8 Å². The lowest BCUT2D eigenvalue weighted by atomic mass is 10.0. The summed E-state index contributed by atoms with van der Waals surface area (Å²) in [7, 11) is -9.97. The fourth-order valence-corrected chi connectivity index (χ4v) is 11.9. The third kappa shape index (κ3) is 72.1. The molecule has 5 atom stereocenters. The molecule has 19 heteroatoms. The number of phosphoric acid groups is 2. The Bertz CT molecular complexity index is 2320. The Morgan fingerprint density at radius 3 is 0.860 bits per heavy atom. The number of hydrogen-bond acceptors (Lipinski definition) is 15. The molecule has 0 aromatic rings. The largest absolute Gasteiger partial charge is 0.472 e. The Kier molecular flexibility index (Phi) is 69.9. The van der Waals surface area contributed by atoms with Gasteiger partial charge in [-0.05, 0) is 122 Å². The van der Waals surface area contributed by atoms with Crippen LogP contribution < -0.4 is 0 Å². The number of aliphatic hydroxyl groups excluding tert-OH is 1. The van der Waals surface area contributed by atoms with Crippen LogP contribution in [-0.4, -0.2) is 96.7 Å². The van der Waals surface area contributed by atoms with E-state index in [9.17, 15) is 43.2 Å². The van der Waals surface area contributed by atoms with E-state index in [1.165, 1.54) is 77.0 Å². The van der Waals surface area contributed by atoms with Crippen molar-refractivity contribution in [1.29, 1.82) is 0 Å². The second-order valence-electron chi connectivity index (χ2n) is 25.9. The normalized spacial score (nSPS) is 14.5. The first-order valence-corrected chi connectivity index (χ1v) is 42.1. The van der Waals surface area contributed by atoms with Gasteiger partial charge in [-0.15, -0.1) is 0 Å². The summed E-state index contributed by atoms with van der Waals surface area (Å²) in [5, 5.41) is 10.6. The van der Waals surface area contributed by atoms with Crippen molar-refractivity contribution in [3.05, 3.63) is 109 Å². The van der Waals surface area contributed by atoms with Gasteiger partial charge in [-0.3, -0.25) is 37.3 Å². The van der Waals surface area contributed by atoms with Gasteiger partial charge in [-0.1, -0.05) is 285 Å². The van der Waals surface area contributed by atoms with Gasteiger partial charge in [0.2, 0.25) is 0 Å². The third-order valence-corrected chi connectivity index (χ3v) is 18.1. The fourth-order valence-electron chi connectivity index (χ4n) is 10.3. The van der Waals surface area contributed by atoms with Crippen molar-refractivity contribution in [3.8, 4) is 0 Å². The number of aliphatic hydroxyl groups is 1. The molecule has 0 rings (SSSR count). The summed E-state index contributed by atoms with van der Waals surface area (Å²) in [6.45, 7) is 4.58. The van der Waals surface area contributed by atoms with Gasteiger partial charge in [0.25, 0.3) is 0 Å². The van der Waals surface area contributed by atoms with Crippen LogP contribution in [0.4, 0.5) is 0 Å². The van der Waals surface area contributed by atoms with E-state index in [1.807, 2.05) is 12.2 Å². The number of carbonyl (C=O) groups excluding carboxylic acids is 4. The molecule has 0 saturated carbocycles. The first-order chi connectivity index (χ1) is 48.7. The van der Waals surface area contributed by atoms with Crippen molar-refractivity contribution in [2.45, 2.75) is 341 Å². The highest BCUT2D eigenvalue weighted by Crippen LogP contribution is 2.45. The van der Waals surface area contributed by atoms with Gasteiger partial charge >= 0.3 is 39.5 Å². The van der Waals surface area contributed by atoms with E-state index < -0.39 is 97.5 Å². The molecule has 0 amide bonds. The first-order valence-electron chi connectivity index (χ1n) is 39.1. The molecule has 17 nitrogen and oxygen atoms in total. The number of unbranched alkanes of at least 4 members (excludes halogenated alkanes) is 29. The lowest BCUT2D eigenvalue weighted by Gasteiger charge is -2.21. The summed E-state index contributed by atoms with van der Waals surface area (Å²) in [6, 6.07) is 0. The molecule has 0 saturated heterocycles. The quantitative estimate of drug-likeness (QED) is 0.0169. The van der Waals surface area contributed by atoms with E-state index in [0.717, 1.165) is 161 Å². The van der Waals surface area contributed by atoms with Gasteiger partial charge in [0.05, 0.1) is 26.4 Å². The highest BCUT2D eigenvalue weighted by Gasteiger charge is 2.30. The van der Waals surface area contributed by atoms with Crippen molar-refractivity contribution in [3.63, 3.8) is 0 Å². The number of phosphoric ester groups is 2. The average molecular weight is 1450 g/mol. The van der Waals surface area contributed by atoms with E-state index >= 15 is 0 Å². The molecule has 0 spiro atoms. The zero-order valence-corrected chi connectivity index (χ0v) is 64.6. The monoisotopic (exact) mass is 1450 g/mol. The summed E-state index contributed by atoms with van der Waals surface area (Å²) < 4.78 is 68.5. The molecule has 0 aliphatic rings. The molecule has 0 heterocycles. The minimum atomic E-state index is -4.99. The summed E-state index contributed by atoms with van der Waals surface area (Å²) in [5.41, 5.74) is 0. The van der Waals surface area contributed by atoms with Crippen LogP contribution in [-0.2, 0) is 65.4 Å². The maximum atomic E-state index is 13.1. The second kappa shape index (κ2) is 73.0. The van der Waals surface area contributed by atoms with Gasteiger partial charge in [-0.25, -0.2) is 9.13 Å². The Morgan fingerprint density at radius 2 is 0.530 bits per heavy atom. The minimum absolute atomic E-state index is 0.0814. The van der Waals surface area contributed by atoms with Crippen LogP contribution >= 0.6 is 15.6 Å². The van der Waals surface area contributed by atoms with Crippen LogP contribution in [0.1, 0.15) is 323 Å². The van der Waals surface area contributed by atoms with Crippen molar-refractivity contribution in [1.82, 2.24) is 0 Å². The first kappa shape index (κ1) is 95.7. The van der Waals surface area contributed by atoms with Crippen LogP contribution in [0, 0.1) is 0 Å². The molecule has 0 aromatic heterocycles. The third-order valence-electron chi connectivity index (χ3n) is 16.2. The van der Waals surface area contributed by atoms with Crippen LogP contribution in [0.5, 0.6) is 0 Å². The van der Waals surface area contributed by atoms with Gasteiger partial charge in [0.1, 0.15) is 19.3 Å². The number of hydrogen-bond donors (Lipinski definition) is 3. The molecule has 0 fully saturated rings. The highest BCUT2D eigenvalue weighted by molar-refractivity contribution is 7.47. The maximum absolute atomic E-state index is 13.1. The van der Waals surface area contributed by atoms with Gasteiger partial charge in [0, 0.05) is 25.7 Å². The maximum Gasteiger partial charge on any atom is 0.472 e. The fraction of sp³-hybridized carbons (Fsp3) is 0.728. The summed E-state index contributed by atoms with van der Waals surface area (Å²) >= 11 is 0. The Labute approximate surface area is 607 Å². The van der Waals surface area contributed by atoms with Crippen molar-refractivity contribution in [2.24, 2.45) is 0 Å².